The average molecular weight is 389 g/mol. The Kier molecular flexibility index (Phi) is 5.66. The standard InChI is InChI=1S/C19H17F2N3O2S/c20-15-5-8-17(9-6-15)27(25,26)24-19-10-7-16(13-23-19)22-12-11-14-3-1-2-4-18(14)21/h1-10,13,22H,11-12H2,(H,23,24). The third kappa shape index (κ3) is 5.01. The second-order valence-electron chi connectivity index (χ2n) is 5.76. The molecular weight excluding hydrogens is 372 g/mol. The van der Waals surface area contributed by atoms with Crippen LogP contribution in [0.3, 0.4) is 0 Å². The molecule has 0 spiro atoms. The van der Waals surface area contributed by atoms with E-state index in [1.54, 1.807) is 24.3 Å². The second-order valence-corrected chi connectivity index (χ2v) is 7.44. The van der Waals surface area contributed by atoms with E-state index in [2.05, 4.69) is 15.0 Å². The van der Waals surface area contributed by atoms with Crippen molar-refractivity contribution in [3.8, 4) is 0 Å². The average Bonchev–Trinajstić information content (AvgIpc) is 2.65. The van der Waals surface area contributed by atoms with Gasteiger partial charge in [0.2, 0.25) is 0 Å². The molecule has 0 unspecified atom stereocenters. The summed E-state index contributed by atoms with van der Waals surface area (Å²) in [5, 5.41) is 3.10. The Bertz CT molecular complexity index is 1010. The molecule has 0 saturated heterocycles. The van der Waals surface area contributed by atoms with Gasteiger partial charge in [0, 0.05) is 6.54 Å². The highest BCUT2D eigenvalue weighted by atomic mass is 32.2. The van der Waals surface area contributed by atoms with Gasteiger partial charge in [0.15, 0.2) is 0 Å². The van der Waals surface area contributed by atoms with Crippen molar-refractivity contribution in [2.24, 2.45) is 0 Å². The molecule has 0 bridgehead atoms. The number of aromatic nitrogens is 1. The zero-order valence-electron chi connectivity index (χ0n) is 14.2. The third-order valence-corrected chi connectivity index (χ3v) is 5.18. The molecule has 0 saturated carbocycles. The SMILES string of the molecule is O=S(=O)(Nc1ccc(NCCc2ccccc2F)cn1)c1ccc(F)cc1. The van der Waals surface area contributed by atoms with Gasteiger partial charge in [-0.05, 0) is 54.4 Å². The number of rotatable bonds is 7. The topological polar surface area (TPSA) is 71.1 Å². The van der Waals surface area contributed by atoms with Crippen molar-refractivity contribution in [1.82, 2.24) is 4.98 Å². The molecule has 3 aromatic rings. The number of hydrogen-bond acceptors (Lipinski definition) is 4. The number of nitrogens with one attached hydrogen (secondary N) is 2. The van der Waals surface area contributed by atoms with Crippen LogP contribution in [-0.4, -0.2) is 19.9 Å². The summed E-state index contributed by atoms with van der Waals surface area (Å²) in [7, 11) is -3.84. The number of pyridine rings is 1. The molecule has 140 valence electrons. The first-order valence-electron chi connectivity index (χ1n) is 8.16. The van der Waals surface area contributed by atoms with Crippen LogP contribution in [-0.2, 0) is 16.4 Å². The van der Waals surface area contributed by atoms with Crippen molar-refractivity contribution in [2.75, 3.05) is 16.6 Å². The molecule has 2 N–H and O–H groups in total. The highest BCUT2D eigenvalue weighted by Gasteiger charge is 2.14. The first-order chi connectivity index (χ1) is 12.9. The van der Waals surface area contributed by atoms with Crippen LogP contribution in [0.1, 0.15) is 5.56 Å². The van der Waals surface area contributed by atoms with E-state index >= 15 is 0 Å². The minimum absolute atomic E-state index is 0.0576. The van der Waals surface area contributed by atoms with E-state index in [1.165, 1.54) is 30.5 Å². The van der Waals surface area contributed by atoms with Crippen molar-refractivity contribution in [3.63, 3.8) is 0 Å². The zero-order chi connectivity index (χ0) is 19.3. The van der Waals surface area contributed by atoms with Crippen LogP contribution in [0.25, 0.3) is 0 Å². The fraction of sp³-hybridized carbons (Fsp3) is 0.105. The van der Waals surface area contributed by atoms with Crippen LogP contribution in [0.5, 0.6) is 0 Å². The lowest BCUT2D eigenvalue weighted by Gasteiger charge is -2.09. The molecule has 0 fully saturated rings. The van der Waals surface area contributed by atoms with Crippen LogP contribution in [0.2, 0.25) is 0 Å². The van der Waals surface area contributed by atoms with Gasteiger partial charge in [0.05, 0.1) is 16.8 Å². The summed E-state index contributed by atoms with van der Waals surface area (Å²) in [6, 6.07) is 14.2. The predicted octanol–water partition coefficient (Wildman–Crippen LogP) is 3.82. The normalized spacial score (nSPS) is 11.2. The van der Waals surface area contributed by atoms with E-state index in [1.807, 2.05) is 0 Å². The fourth-order valence-corrected chi connectivity index (χ4v) is 3.42. The largest absolute Gasteiger partial charge is 0.383 e. The smallest absolute Gasteiger partial charge is 0.263 e. The van der Waals surface area contributed by atoms with Gasteiger partial charge in [0.25, 0.3) is 10.0 Å². The van der Waals surface area contributed by atoms with E-state index in [-0.39, 0.29) is 16.5 Å². The molecule has 1 heterocycles. The lowest BCUT2D eigenvalue weighted by Crippen LogP contribution is -2.14. The van der Waals surface area contributed by atoms with Crippen molar-refractivity contribution >= 4 is 21.5 Å². The number of benzene rings is 2. The summed E-state index contributed by atoms with van der Waals surface area (Å²) in [6.45, 7) is 0.503. The summed E-state index contributed by atoms with van der Waals surface area (Å²) in [4.78, 5) is 3.99. The molecule has 2 aromatic carbocycles. The lowest BCUT2D eigenvalue weighted by atomic mass is 10.1. The highest BCUT2D eigenvalue weighted by Crippen LogP contribution is 2.16. The molecule has 0 radical (unpaired) electrons. The van der Waals surface area contributed by atoms with Crippen molar-refractivity contribution in [2.45, 2.75) is 11.3 Å². The number of hydrogen-bond donors (Lipinski definition) is 2. The molecule has 1 aromatic heterocycles. The zero-order valence-corrected chi connectivity index (χ0v) is 15.0. The summed E-state index contributed by atoms with van der Waals surface area (Å²) in [5.74, 6) is -0.625. The summed E-state index contributed by atoms with van der Waals surface area (Å²) >= 11 is 0. The molecule has 5 nitrogen and oxygen atoms in total. The Morgan fingerprint density at radius 1 is 0.926 bits per heavy atom. The maximum absolute atomic E-state index is 13.6. The Balaban J connectivity index is 1.58. The quantitative estimate of drug-likeness (QED) is 0.645. The Hall–Kier alpha value is -3.00. The first-order valence-corrected chi connectivity index (χ1v) is 9.64. The molecule has 8 heteroatoms. The van der Waals surface area contributed by atoms with Crippen molar-refractivity contribution in [1.29, 1.82) is 0 Å². The van der Waals surface area contributed by atoms with Crippen LogP contribution < -0.4 is 10.0 Å². The molecule has 0 atom stereocenters. The first kappa shape index (κ1) is 18.8. The van der Waals surface area contributed by atoms with E-state index < -0.39 is 15.8 Å². The van der Waals surface area contributed by atoms with Gasteiger partial charge < -0.3 is 5.32 Å². The van der Waals surface area contributed by atoms with Gasteiger partial charge in [-0.2, -0.15) is 0 Å². The van der Waals surface area contributed by atoms with Gasteiger partial charge in [-0.1, -0.05) is 18.2 Å². The molecule has 0 aliphatic rings. The maximum Gasteiger partial charge on any atom is 0.263 e. The predicted molar refractivity (Wildman–Crippen MR) is 100 cm³/mol. The van der Waals surface area contributed by atoms with E-state index in [9.17, 15) is 17.2 Å². The number of halogens is 2. The molecule has 0 aliphatic carbocycles. The Morgan fingerprint density at radius 2 is 1.67 bits per heavy atom. The van der Waals surface area contributed by atoms with Gasteiger partial charge in [0.1, 0.15) is 17.5 Å². The maximum atomic E-state index is 13.6. The number of anilines is 2. The summed E-state index contributed by atoms with van der Waals surface area (Å²) < 4.78 is 53.3. The summed E-state index contributed by atoms with van der Waals surface area (Å²) in [6.07, 6.45) is 1.98. The monoisotopic (exact) mass is 389 g/mol. The van der Waals surface area contributed by atoms with Gasteiger partial charge in [-0.3, -0.25) is 4.72 Å². The lowest BCUT2D eigenvalue weighted by molar-refractivity contribution is 0.599. The van der Waals surface area contributed by atoms with Crippen LogP contribution in [0, 0.1) is 11.6 Å². The third-order valence-electron chi connectivity index (χ3n) is 3.81. The van der Waals surface area contributed by atoms with Crippen LogP contribution in [0.4, 0.5) is 20.3 Å². The Labute approximate surface area is 156 Å². The van der Waals surface area contributed by atoms with Gasteiger partial charge in [-0.15, -0.1) is 0 Å². The van der Waals surface area contributed by atoms with E-state index in [0.29, 0.717) is 24.2 Å². The van der Waals surface area contributed by atoms with E-state index in [0.717, 1.165) is 12.1 Å². The second kappa shape index (κ2) is 8.13. The molecule has 27 heavy (non-hydrogen) atoms. The minimum Gasteiger partial charge on any atom is -0.383 e. The molecule has 0 amide bonds. The molecule has 3 rings (SSSR count). The van der Waals surface area contributed by atoms with Crippen LogP contribution in [0.15, 0.2) is 71.8 Å². The van der Waals surface area contributed by atoms with Crippen molar-refractivity contribution < 1.29 is 17.2 Å². The summed E-state index contributed by atoms with van der Waals surface area (Å²) in [5.41, 5.74) is 1.29. The highest BCUT2D eigenvalue weighted by molar-refractivity contribution is 7.92. The van der Waals surface area contributed by atoms with Crippen molar-refractivity contribution in [3.05, 3.63) is 84.1 Å². The Morgan fingerprint density at radius 3 is 2.33 bits per heavy atom. The van der Waals surface area contributed by atoms with E-state index in [4.69, 9.17) is 0 Å². The fourth-order valence-electron chi connectivity index (χ4n) is 2.41. The molecular formula is C19H17F2N3O2S. The number of nitrogens with zero attached hydrogens (tertiary/aromatic N) is 1. The van der Waals surface area contributed by atoms with Gasteiger partial charge in [-0.25, -0.2) is 22.2 Å². The van der Waals surface area contributed by atoms with Gasteiger partial charge >= 0.3 is 0 Å². The molecule has 0 aliphatic heterocycles. The number of sulfonamides is 1. The minimum atomic E-state index is -3.84. The van der Waals surface area contributed by atoms with Crippen LogP contribution >= 0.6 is 0 Å².